The minimum Gasteiger partial charge on any atom is -0.497 e. The fourth-order valence-electron chi connectivity index (χ4n) is 1.84. The van der Waals surface area contributed by atoms with Crippen molar-refractivity contribution < 1.29 is 14.6 Å². The van der Waals surface area contributed by atoms with Gasteiger partial charge in [0, 0.05) is 17.2 Å². The molecule has 7 nitrogen and oxygen atoms in total. The van der Waals surface area contributed by atoms with Crippen molar-refractivity contribution in [1.82, 2.24) is 19.7 Å². The summed E-state index contributed by atoms with van der Waals surface area (Å²) in [5.74, 6) is 0.213. The van der Waals surface area contributed by atoms with Crippen LogP contribution in [0.5, 0.6) is 5.75 Å². The number of carboxylic acids is 1. The minimum absolute atomic E-state index is 0.0343. The Bertz CT molecular complexity index is 833. The van der Waals surface area contributed by atoms with Crippen LogP contribution < -0.4 is 4.74 Å². The van der Waals surface area contributed by atoms with Crippen molar-refractivity contribution in [2.75, 3.05) is 7.11 Å². The van der Waals surface area contributed by atoms with Gasteiger partial charge in [0.25, 0.3) is 0 Å². The molecule has 1 aromatic carbocycles. The average Bonchev–Trinajstić information content (AvgIpc) is 3.06. The molecule has 0 bridgehead atoms. The second-order valence-corrected chi connectivity index (χ2v) is 5.54. The number of rotatable bonds is 5. The van der Waals surface area contributed by atoms with E-state index in [0.29, 0.717) is 5.82 Å². The monoisotopic (exact) mass is 328 g/mol. The Morgan fingerprint density at radius 2 is 2.00 bits per heavy atom. The van der Waals surface area contributed by atoms with Crippen molar-refractivity contribution in [3.8, 4) is 11.6 Å². The van der Waals surface area contributed by atoms with Crippen LogP contribution in [0.15, 0.2) is 58.8 Å². The molecule has 0 unspecified atom stereocenters. The van der Waals surface area contributed by atoms with E-state index in [-0.39, 0.29) is 5.69 Å². The first-order chi connectivity index (χ1) is 11.2. The number of hydrogen-bond donors (Lipinski definition) is 1. The summed E-state index contributed by atoms with van der Waals surface area (Å²) in [4.78, 5) is 20.2. The van der Waals surface area contributed by atoms with Crippen molar-refractivity contribution in [2.24, 2.45) is 0 Å². The molecule has 0 aliphatic carbocycles. The van der Waals surface area contributed by atoms with Crippen LogP contribution in [0.1, 0.15) is 10.5 Å². The second kappa shape index (κ2) is 6.49. The smallest absolute Gasteiger partial charge is 0.356 e. The summed E-state index contributed by atoms with van der Waals surface area (Å²) in [6.07, 6.45) is 2.97. The van der Waals surface area contributed by atoms with E-state index in [1.807, 2.05) is 24.3 Å². The van der Waals surface area contributed by atoms with E-state index in [1.165, 1.54) is 28.8 Å². The fraction of sp³-hybridized carbons (Fsp3) is 0.0667. The summed E-state index contributed by atoms with van der Waals surface area (Å²) in [7, 11) is 1.62. The van der Waals surface area contributed by atoms with Gasteiger partial charge < -0.3 is 9.84 Å². The number of benzene rings is 1. The van der Waals surface area contributed by atoms with Crippen molar-refractivity contribution in [3.63, 3.8) is 0 Å². The molecule has 0 spiro atoms. The zero-order chi connectivity index (χ0) is 16.2. The average molecular weight is 328 g/mol. The Labute approximate surface area is 136 Å². The summed E-state index contributed by atoms with van der Waals surface area (Å²) in [6.45, 7) is 0. The van der Waals surface area contributed by atoms with E-state index in [2.05, 4.69) is 15.1 Å². The predicted molar refractivity (Wildman–Crippen MR) is 83.2 cm³/mol. The molecule has 0 amide bonds. The van der Waals surface area contributed by atoms with Gasteiger partial charge in [0.05, 0.1) is 7.11 Å². The number of hydrogen-bond acceptors (Lipinski definition) is 6. The first kappa shape index (κ1) is 15.0. The van der Waals surface area contributed by atoms with Gasteiger partial charge in [-0.3, -0.25) is 0 Å². The molecule has 0 fully saturated rings. The molecule has 23 heavy (non-hydrogen) atoms. The molecular weight excluding hydrogens is 316 g/mol. The zero-order valence-electron chi connectivity index (χ0n) is 12.1. The Morgan fingerprint density at radius 3 is 2.65 bits per heavy atom. The zero-order valence-corrected chi connectivity index (χ0v) is 12.9. The number of carbonyl (C=O) groups is 1. The highest BCUT2D eigenvalue weighted by Crippen LogP contribution is 2.28. The molecule has 0 radical (unpaired) electrons. The third kappa shape index (κ3) is 3.49. The summed E-state index contributed by atoms with van der Waals surface area (Å²) in [5.41, 5.74) is -0.0343. The Kier molecular flexibility index (Phi) is 4.24. The van der Waals surface area contributed by atoms with Crippen molar-refractivity contribution in [2.45, 2.75) is 9.92 Å². The van der Waals surface area contributed by atoms with E-state index in [1.54, 1.807) is 19.4 Å². The maximum Gasteiger partial charge on any atom is 0.356 e. The molecule has 2 heterocycles. The van der Waals surface area contributed by atoms with Crippen LogP contribution in [0.4, 0.5) is 0 Å². The molecule has 8 heteroatoms. The Morgan fingerprint density at radius 1 is 1.22 bits per heavy atom. The van der Waals surface area contributed by atoms with Crippen LogP contribution in [0.25, 0.3) is 5.82 Å². The molecule has 2 aromatic heterocycles. The number of aromatic nitrogens is 4. The van der Waals surface area contributed by atoms with Gasteiger partial charge in [-0.1, -0.05) is 11.8 Å². The lowest BCUT2D eigenvalue weighted by molar-refractivity contribution is 0.0690. The van der Waals surface area contributed by atoms with Crippen molar-refractivity contribution in [3.05, 3.63) is 54.6 Å². The molecule has 3 rings (SSSR count). The molecular formula is C15H12N4O3S. The van der Waals surface area contributed by atoms with Crippen LogP contribution in [0.2, 0.25) is 0 Å². The molecule has 0 atom stereocenters. The standard InChI is InChI=1S/C15H12N4O3S/c1-22-10-2-4-11(5-3-10)23-14-8-13(16-9-17-14)19-7-6-12(18-19)15(20)21/h2-9H,1H3,(H,20,21). The SMILES string of the molecule is COc1ccc(Sc2cc(-n3ccc(C(=O)O)n3)ncn2)cc1. The second-order valence-electron chi connectivity index (χ2n) is 4.44. The minimum atomic E-state index is -1.08. The van der Waals surface area contributed by atoms with E-state index < -0.39 is 5.97 Å². The van der Waals surface area contributed by atoms with E-state index in [0.717, 1.165) is 15.7 Å². The lowest BCUT2D eigenvalue weighted by Crippen LogP contribution is -2.03. The number of ether oxygens (including phenoxy) is 1. The van der Waals surface area contributed by atoms with Gasteiger partial charge in [-0.2, -0.15) is 5.10 Å². The van der Waals surface area contributed by atoms with Gasteiger partial charge in [-0.15, -0.1) is 0 Å². The molecule has 1 N–H and O–H groups in total. The van der Waals surface area contributed by atoms with Gasteiger partial charge in [-0.25, -0.2) is 19.4 Å². The Balaban J connectivity index is 1.82. The van der Waals surface area contributed by atoms with Gasteiger partial charge >= 0.3 is 5.97 Å². The van der Waals surface area contributed by atoms with Crippen molar-refractivity contribution >= 4 is 17.7 Å². The fourth-order valence-corrected chi connectivity index (χ4v) is 2.62. The lowest BCUT2D eigenvalue weighted by atomic mass is 10.3. The molecule has 0 aliphatic rings. The number of methoxy groups -OCH3 is 1. The summed E-state index contributed by atoms with van der Waals surface area (Å²) in [6, 6.07) is 10.8. The molecule has 0 saturated carbocycles. The number of aromatic carboxylic acids is 1. The maximum atomic E-state index is 10.9. The normalized spacial score (nSPS) is 10.5. The van der Waals surface area contributed by atoms with E-state index >= 15 is 0 Å². The van der Waals surface area contributed by atoms with Gasteiger partial charge in [0.2, 0.25) is 0 Å². The predicted octanol–water partition coefficient (Wildman–Crippen LogP) is 2.52. The summed E-state index contributed by atoms with van der Waals surface area (Å²) in [5, 5.41) is 13.6. The van der Waals surface area contributed by atoms with Crippen LogP contribution in [0, 0.1) is 0 Å². The molecule has 3 aromatic rings. The quantitative estimate of drug-likeness (QED) is 0.720. The van der Waals surface area contributed by atoms with Gasteiger partial charge in [0.1, 0.15) is 17.1 Å². The van der Waals surface area contributed by atoms with E-state index in [4.69, 9.17) is 9.84 Å². The van der Waals surface area contributed by atoms with Crippen LogP contribution in [-0.4, -0.2) is 37.9 Å². The third-order valence-corrected chi connectivity index (χ3v) is 3.89. The Hall–Kier alpha value is -2.87. The van der Waals surface area contributed by atoms with Crippen LogP contribution in [-0.2, 0) is 0 Å². The van der Waals surface area contributed by atoms with Gasteiger partial charge in [-0.05, 0) is 30.3 Å². The summed E-state index contributed by atoms with van der Waals surface area (Å²) >= 11 is 1.46. The molecule has 0 aliphatic heterocycles. The van der Waals surface area contributed by atoms with Crippen molar-refractivity contribution in [1.29, 1.82) is 0 Å². The molecule has 0 saturated heterocycles. The highest BCUT2D eigenvalue weighted by molar-refractivity contribution is 7.99. The maximum absolute atomic E-state index is 10.9. The summed E-state index contributed by atoms with van der Waals surface area (Å²) < 4.78 is 6.53. The number of carboxylic acid groups (broad SMARTS) is 1. The van der Waals surface area contributed by atoms with E-state index in [9.17, 15) is 4.79 Å². The first-order valence-corrected chi connectivity index (χ1v) is 7.40. The van der Waals surface area contributed by atoms with Crippen LogP contribution in [0.3, 0.4) is 0 Å². The first-order valence-electron chi connectivity index (χ1n) is 6.59. The third-order valence-electron chi connectivity index (χ3n) is 2.95. The number of nitrogens with zero attached hydrogens (tertiary/aromatic N) is 4. The highest BCUT2D eigenvalue weighted by Gasteiger charge is 2.09. The molecule has 116 valence electrons. The van der Waals surface area contributed by atoms with Crippen LogP contribution >= 0.6 is 11.8 Å². The largest absolute Gasteiger partial charge is 0.497 e. The highest BCUT2D eigenvalue weighted by atomic mass is 32.2. The topological polar surface area (TPSA) is 90.1 Å². The van der Waals surface area contributed by atoms with Gasteiger partial charge in [0.15, 0.2) is 11.5 Å². The lowest BCUT2D eigenvalue weighted by Gasteiger charge is -2.04.